The first-order valence-corrected chi connectivity index (χ1v) is 6.88. The van der Waals surface area contributed by atoms with E-state index in [4.69, 9.17) is 11.6 Å². The summed E-state index contributed by atoms with van der Waals surface area (Å²) in [6.07, 6.45) is 2.07. The molecule has 0 atom stereocenters. The van der Waals surface area contributed by atoms with Gasteiger partial charge in [0.25, 0.3) is 5.91 Å². The molecule has 1 saturated carbocycles. The third kappa shape index (κ3) is 2.86. The Hall–Kier alpha value is -1.02. The molecule has 2 nitrogen and oxygen atoms in total. The lowest BCUT2D eigenvalue weighted by molar-refractivity contribution is 0.0746. The third-order valence-corrected chi connectivity index (χ3v) is 4.03. The van der Waals surface area contributed by atoms with E-state index in [-0.39, 0.29) is 5.91 Å². The van der Waals surface area contributed by atoms with Crippen molar-refractivity contribution in [1.29, 1.82) is 0 Å². The molecule has 0 bridgehead atoms. The minimum Gasteiger partial charge on any atom is -0.341 e. The van der Waals surface area contributed by atoms with E-state index >= 15 is 0 Å². The molecule has 0 N–H and O–H groups in total. The van der Waals surface area contributed by atoms with Crippen LogP contribution in [0.15, 0.2) is 18.2 Å². The Balaban J connectivity index is 2.01. The number of halogens is 1. The molecule has 1 fully saturated rings. The predicted octanol–water partition coefficient (Wildman–Crippen LogP) is 3.39. The van der Waals surface area contributed by atoms with Crippen LogP contribution in [-0.4, -0.2) is 29.8 Å². The molecule has 1 amide bonds. The second kappa shape index (κ2) is 5.31. The molecule has 0 unspecified atom stereocenters. The molecule has 18 heavy (non-hydrogen) atoms. The zero-order chi connectivity index (χ0) is 13.3. The highest BCUT2D eigenvalue weighted by Gasteiger charge is 2.29. The van der Waals surface area contributed by atoms with Crippen molar-refractivity contribution in [3.63, 3.8) is 0 Å². The molecule has 0 spiro atoms. The smallest absolute Gasteiger partial charge is 0.253 e. The molecular formula is C15H20ClNO. The van der Waals surface area contributed by atoms with Gasteiger partial charge in [-0.1, -0.05) is 17.7 Å². The van der Waals surface area contributed by atoms with Gasteiger partial charge in [0.2, 0.25) is 0 Å². The van der Waals surface area contributed by atoms with Crippen LogP contribution in [0, 0.1) is 19.8 Å². The van der Waals surface area contributed by atoms with Crippen LogP contribution in [-0.2, 0) is 0 Å². The van der Waals surface area contributed by atoms with Crippen molar-refractivity contribution in [1.82, 2.24) is 4.90 Å². The summed E-state index contributed by atoms with van der Waals surface area (Å²) in [5, 5.41) is 0.319. The molecule has 0 saturated heterocycles. The van der Waals surface area contributed by atoms with Crippen LogP contribution in [0.1, 0.15) is 34.3 Å². The van der Waals surface area contributed by atoms with Gasteiger partial charge in [-0.15, -0.1) is 11.6 Å². The Morgan fingerprint density at radius 3 is 2.61 bits per heavy atom. The van der Waals surface area contributed by atoms with Crippen LogP contribution >= 0.6 is 11.6 Å². The summed E-state index contributed by atoms with van der Waals surface area (Å²) >= 11 is 5.96. The average molecular weight is 266 g/mol. The third-order valence-electron chi connectivity index (χ3n) is 3.67. The molecule has 1 aliphatic rings. The molecule has 0 aliphatic heterocycles. The first-order valence-electron chi connectivity index (χ1n) is 6.44. The number of carbonyl (C=O) groups excluding carboxylic acids is 1. The maximum Gasteiger partial charge on any atom is 0.253 e. The van der Waals surface area contributed by atoms with Crippen molar-refractivity contribution in [3.05, 3.63) is 34.9 Å². The van der Waals surface area contributed by atoms with Crippen LogP contribution in [0.5, 0.6) is 0 Å². The number of nitrogens with zero attached hydrogens (tertiary/aromatic N) is 1. The van der Waals surface area contributed by atoms with E-state index in [2.05, 4.69) is 6.07 Å². The summed E-state index contributed by atoms with van der Waals surface area (Å²) in [6.45, 7) is 4.85. The summed E-state index contributed by atoms with van der Waals surface area (Å²) in [5.74, 6) is 0.692. The molecule has 3 heteroatoms. The first-order chi connectivity index (χ1) is 8.47. The maximum atomic E-state index is 12.3. The SMILES string of the molecule is Cc1ccc(C(=O)N(C)CC2CC(Cl)C2)c(C)c1. The van der Waals surface area contributed by atoms with Gasteiger partial charge in [0.15, 0.2) is 0 Å². The maximum absolute atomic E-state index is 12.3. The fraction of sp³-hybridized carbons (Fsp3) is 0.533. The van der Waals surface area contributed by atoms with Gasteiger partial charge in [-0.05, 0) is 44.2 Å². The van der Waals surface area contributed by atoms with E-state index in [9.17, 15) is 4.79 Å². The number of hydrogen-bond acceptors (Lipinski definition) is 1. The number of alkyl halides is 1. The highest BCUT2D eigenvalue weighted by molar-refractivity contribution is 6.21. The van der Waals surface area contributed by atoms with Crippen LogP contribution in [0.4, 0.5) is 0 Å². The molecule has 0 radical (unpaired) electrons. The molecule has 1 aromatic carbocycles. The molecule has 0 heterocycles. The minimum atomic E-state index is 0.116. The van der Waals surface area contributed by atoms with E-state index in [1.54, 1.807) is 0 Å². The topological polar surface area (TPSA) is 20.3 Å². The normalized spacial score (nSPS) is 22.4. The van der Waals surface area contributed by atoms with Crippen molar-refractivity contribution in [2.24, 2.45) is 5.92 Å². The molecule has 2 rings (SSSR count). The second-order valence-electron chi connectivity index (χ2n) is 5.44. The molecule has 0 aromatic heterocycles. The van der Waals surface area contributed by atoms with Crippen LogP contribution < -0.4 is 0 Å². The van der Waals surface area contributed by atoms with Crippen LogP contribution in [0.2, 0.25) is 0 Å². The van der Waals surface area contributed by atoms with Gasteiger partial charge < -0.3 is 4.90 Å². The number of rotatable bonds is 3. The standard InChI is InChI=1S/C15H20ClNO/c1-10-4-5-14(11(2)6-10)15(18)17(3)9-12-7-13(16)8-12/h4-6,12-13H,7-9H2,1-3H3. The summed E-state index contributed by atoms with van der Waals surface area (Å²) in [6, 6.07) is 5.97. The summed E-state index contributed by atoms with van der Waals surface area (Å²) in [7, 11) is 1.88. The fourth-order valence-corrected chi connectivity index (χ4v) is 3.04. The molecular weight excluding hydrogens is 246 g/mol. The summed E-state index contributed by atoms with van der Waals surface area (Å²) < 4.78 is 0. The van der Waals surface area contributed by atoms with Gasteiger partial charge in [-0.2, -0.15) is 0 Å². The monoisotopic (exact) mass is 265 g/mol. The minimum absolute atomic E-state index is 0.116. The van der Waals surface area contributed by atoms with Crippen molar-refractivity contribution < 1.29 is 4.79 Å². The van der Waals surface area contributed by atoms with Crippen LogP contribution in [0.25, 0.3) is 0 Å². The van der Waals surface area contributed by atoms with Crippen molar-refractivity contribution in [3.8, 4) is 0 Å². The lowest BCUT2D eigenvalue weighted by Crippen LogP contribution is -2.38. The van der Waals surface area contributed by atoms with Gasteiger partial charge in [0, 0.05) is 24.5 Å². The Bertz CT molecular complexity index is 452. The quantitative estimate of drug-likeness (QED) is 0.767. The van der Waals surface area contributed by atoms with E-state index in [1.807, 2.05) is 37.9 Å². The van der Waals surface area contributed by atoms with E-state index in [0.29, 0.717) is 11.3 Å². The molecule has 1 aliphatic carbocycles. The van der Waals surface area contributed by atoms with Crippen molar-refractivity contribution in [2.45, 2.75) is 32.1 Å². The Morgan fingerprint density at radius 2 is 2.06 bits per heavy atom. The van der Waals surface area contributed by atoms with Gasteiger partial charge in [0.05, 0.1) is 0 Å². The van der Waals surface area contributed by atoms with Gasteiger partial charge in [0.1, 0.15) is 0 Å². The summed E-state index contributed by atoms with van der Waals surface area (Å²) in [4.78, 5) is 14.2. The fourth-order valence-electron chi connectivity index (χ4n) is 2.53. The number of benzene rings is 1. The first kappa shape index (κ1) is 13.4. The second-order valence-corrected chi connectivity index (χ2v) is 6.06. The van der Waals surface area contributed by atoms with Crippen molar-refractivity contribution in [2.75, 3.05) is 13.6 Å². The Kier molecular flexibility index (Phi) is 3.96. The number of hydrogen-bond donors (Lipinski definition) is 0. The average Bonchev–Trinajstić information content (AvgIpc) is 2.26. The van der Waals surface area contributed by atoms with Crippen LogP contribution in [0.3, 0.4) is 0 Å². The Morgan fingerprint density at radius 1 is 1.39 bits per heavy atom. The lowest BCUT2D eigenvalue weighted by atomic mass is 9.84. The molecule has 98 valence electrons. The van der Waals surface area contributed by atoms with Gasteiger partial charge >= 0.3 is 0 Å². The lowest BCUT2D eigenvalue weighted by Gasteiger charge is -2.34. The number of aryl methyl sites for hydroxylation is 2. The highest BCUT2D eigenvalue weighted by Crippen LogP contribution is 2.32. The predicted molar refractivity (Wildman–Crippen MR) is 75.2 cm³/mol. The summed E-state index contributed by atoms with van der Waals surface area (Å²) in [5.41, 5.74) is 3.05. The zero-order valence-corrected chi connectivity index (χ0v) is 12.0. The highest BCUT2D eigenvalue weighted by atomic mass is 35.5. The largest absolute Gasteiger partial charge is 0.341 e. The molecule has 1 aromatic rings. The zero-order valence-electron chi connectivity index (χ0n) is 11.2. The van der Waals surface area contributed by atoms with E-state index in [1.165, 1.54) is 5.56 Å². The van der Waals surface area contributed by atoms with Gasteiger partial charge in [-0.25, -0.2) is 0 Å². The Labute approximate surface area is 114 Å². The van der Waals surface area contributed by atoms with E-state index < -0.39 is 0 Å². The van der Waals surface area contributed by atoms with Crippen molar-refractivity contribution >= 4 is 17.5 Å². The van der Waals surface area contributed by atoms with E-state index in [0.717, 1.165) is 30.5 Å². The number of carbonyl (C=O) groups is 1. The van der Waals surface area contributed by atoms with Gasteiger partial charge in [-0.3, -0.25) is 4.79 Å². The number of amides is 1.